The normalized spacial score (nSPS) is 12.8. The molecule has 0 saturated heterocycles. The zero-order valence-corrected chi connectivity index (χ0v) is 13.5. The first-order chi connectivity index (χ1) is 7.99. The highest BCUT2D eigenvalue weighted by molar-refractivity contribution is 9.10. The zero-order valence-electron chi connectivity index (χ0n) is 8.81. The van der Waals surface area contributed by atoms with Crippen molar-refractivity contribution < 1.29 is 0 Å². The van der Waals surface area contributed by atoms with Crippen LogP contribution in [0, 0.1) is 6.92 Å². The maximum atomic E-state index is 6.43. The third-order valence-corrected chi connectivity index (χ3v) is 5.92. The van der Waals surface area contributed by atoms with E-state index in [0.29, 0.717) is 10.0 Å². The average Bonchev–Trinajstić information content (AvgIpc) is 2.62. The topological polar surface area (TPSA) is 0 Å². The minimum Gasteiger partial charge on any atom is -0.143 e. The predicted octanol–water partition coefficient (Wildman–Crippen LogP) is 6.45. The van der Waals surface area contributed by atoms with Crippen LogP contribution in [0.5, 0.6) is 0 Å². The van der Waals surface area contributed by atoms with Gasteiger partial charge >= 0.3 is 0 Å². The van der Waals surface area contributed by atoms with Crippen molar-refractivity contribution >= 4 is 62.1 Å². The maximum Gasteiger partial charge on any atom is 0.0928 e. The molecule has 1 unspecified atom stereocenters. The van der Waals surface area contributed by atoms with Crippen LogP contribution in [0.1, 0.15) is 20.7 Å². The third-order valence-electron chi connectivity index (χ3n) is 2.36. The molecular formula is C12H8BrCl3S. The number of benzene rings is 1. The van der Waals surface area contributed by atoms with Crippen LogP contribution >= 0.6 is 62.1 Å². The zero-order chi connectivity index (χ0) is 12.6. The van der Waals surface area contributed by atoms with Gasteiger partial charge < -0.3 is 0 Å². The van der Waals surface area contributed by atoms with Gasteiger partial charge in [-0.1, -0.05) is 29.3 Å². The van der Waals surface area contributed by atoms with E-state index in [1.807, 2.05) is 18.2 Å². The summed E-state index contributed by atoms with van der Waals surface area (Å²) < 4.78 is 1.09. The molecule has 1 atom stereocenters. The molecule has 1 heterocycles. The van der Waals surface area contributed by atoms with Crippen molar-refractivity contribution in [3.05, 3.63) is 54.1 Å². The van der Waals surface area contributed by atoms with Crippen LogP contribution in [-0.2, 0) is 0 Å². The van der Waals surface area contributed by atoms with Crippen molar-refractivity contribution in [3.8, 4) is 0 Å². The Labute approximate surface area is 128 Å². The number of hydrogen-bond acceptors (Lipinski definition) is 1. The number of thiophene rings is 1. The molecule has 2 aromatic rings. The van der Waals surface area contributed by atoms with Crippen molar-refractivity contribution in [2.75, 3.05) is 0 Å². The SMILES string of the molecule is Cc1sc(C(Cl)c2ccc(Cl)c(Cl)c2)cc1Br. The molecule has 5 heteroatoms. The molecule has 0 N–H and O–H groups in total. The minimum absolute atomic E-state index is 0.195. The van der Waals surface area contributed by atoms with Crippen molar-refractivity contribution in [2.45, 2.75) is 12.3 Å². The molecule has 0 aliphatic carbocycles. The summed E-state index contributed by atoms with van der Waals surface area (Å²) >= 11 is 23.5. The highest BCUT2D eigenvalue weighted by atomic mass is 79.9. The van der Waals surface area contributed by atoms with Gasteiger partial charge in [-0.2, -0.15) is 0 Å². The van der Waals surface area contributed by atoms with E-state index < -0.39 is 0 Å². The molecule has 0 nitrogen and oxygen atoms in total. The number of rotatable bonds is 2. The van der Waals surface area contributed by atoms with Gasteiger partial charge in [0.2, 0.25) is 0 Å². The van der Waals surface area contributed by atoms with E-state index in [9.17, 15) is 0 Å². The van der Waals surface area contributed by atoms with Gasteiger partial charge in [0, 0.05) is 14.2 Å². The molecule has 0 fully saturated rings. The molecule has 0 amide bonds. The molecule has 0 spiro atoms. The fourth-order valence-corrected chi connectivity index (χ4v) is 3.65. The Hall–Kier alpha value is 0.270. The van der Waals surface area contributed by atoms with Crippen LogP contribution in [0.3, 0.4) is 0 Å². The van der Waals surface area contributed by atoms with Crippen LogP contribution < -0.4 is 0 Å². The van der Waals surface area contributed by atoms with Crippen molar-refractivity contribution in [2.24, 2.45) is 0 Å². The second-order valence-corrected chi connectivity index (χ2v) is 6.98. The monoisotopic (exact) mass is 368 g/mol. The van der Waals surface area contributed by atoms with Gasteiger partial charge in [0.25, 0.3) is 0 Å². The van der Waals surface area contributed by atoms with Gasteiger partial charge in [-0.05, 0) is 46.6 Å². The van der Waals surface area contributed by atoms with Crippen LogP contribution in [0.25, 0.3) is 0 Å². The van der Waals surface area contributed by atoms with E-state index in [1.54, 1.807) is 17.4 Å². The molecule has 1 aromatic carbocycles. The Morgan fingerprint density at radius 3 is 2.41 bits per heavy atom. The Morgan fingerprint density at radius 2 is 1.88 bits per heavy atom. The fourth-order valence-electron chi connectivity index (χ4n) is 1.44. The van der Waals surface area contributed by atoms with E-state index in [0.717, 1.165) is 14.9 Å². The van der Waals surface area contributed by atoms with E-state index in [4.69, 9.17) is 34.8 Å². The summed E-state index contributed by atoms with van der Waals surface area (Å²) in [5.74, 6) is 0. The highest BCUT2D eigenvalue weighted by Gasteiger charge is 2.15. The van der Waals surface area contributed by atoms with Gasteiger partial charge in [0.05, 0.1) is 15.4 Å². The molecular weight excluding hydrogens is 362 g/mol. The van der Waals surface area contributed by atoms with Gasteiger partial charge in [-0.3, -0.25) is 0 Å². The van der Waals surface area contributed by atoms with Crippen LogP contribution in [-0.4, -0.2) is 0 Å². The average molecular weight is 371 g/mol. The summed E-state index contributed by atoms with van der Waals surface area (Å²) in [6, 6.07) is 7.52. The summed E-state index contributed by atoms with van der Waals surface area (Å²) in [4.78, 5) is 2.31. The van der Waals surface area contributed by atoms with E-state index in [2.05, 4.69) is 22.9 Å². The summed E-state index contributed by atoms with van der Waals surface area (Å²) in [5.41, 5.74) is 0.954. The van der Waals surface area contributed by atoms with E-state index in [-0.39, 0.29) is 5.38 Å². The summed E-state index contributed by atoms with van der Waals surface area (Å²) in [6.07, 6.45) is 0. The standard InChI is InChI=1S/C12H8BrCl3S/c1-6-8(13)5-11(17-6)12(16)7-2-3-9(14)10(15)4-7/h2-5,12H,1H3. The number of hydrogen-bond donors (Lipinski definition) is 0. The number of aryl methyl sites for hydroxylation is 1. The van der Waals surface area contributed by atoms with E-state index in [1.165, 1.54) is 4.88 Å². The molecule has 0 aliphatic heterocycles. The summed E-state index contributed by atoms with van der Waals surface area (Å²) in [5, 5.41) is 0.879. The number of halogens is 4. The van der Waals surface area contributed by atoms with Gasteiger partial charge in [-0.25, -0.2) is 0 Å². The highest BCUT2D eigenvalue weighted by Crippen LogP contribution is 2.38. The molecule has 1 aromatic heterocycles. The molecule has 0 bridgehead atoms. The van der Waals surface area contributed by atoms with Crippen molar-refractivity contribution in [1.29, 1.82) is 0 Å². The Morgan fingerprint density at radius 1 is 1.18 bits per heavy atom. The van der Waals surface area contributed by atoms with Gasteiger partial charge in [-0.15, -0.1) is 22.9 Å². The van der Waals surface area contributed by atoms with Crippen LogP contribution in [0.2, 0.25) is 10.0 Å². The van der Waals surface area contributed by atoms with E-state index >= 15 is 0 Å². The molecule has 0 radical (unpaired) electrons. The number of alkyl halides is 1. The quantitative estimate of drug-likeness (QED) is 0.533. The van der Waals surface area contributed by atoms with Crippen LogP contribution in [0.15, 0.2) is 28.7 Å². The molecule has 0 saturated carbocycles. The Bertz CT molecular complexity index is 531. The third kappa shape index (κ3) is 2.99. The molecule has 2 rings (SSSR count). The lowest BCUT2D eigenvalue weighted by molar-refractivity contribution is 1.18. The predicted molar refractivity (Wildman–Crippen MR) is 80.9 cm³/mol. The van der Waals surface area contributed by atoms with Crippen molar-refractivity contribution in [3.63, 3.8) is 0 Å². The smallest absolute Gasteiger partial charge is 0.0928 e. The summed E-state index contributed by atoms with van der Waals surface area (Å²) in [6.45, 7) is 2.05. The summed E-state index contributed by atoms with van der Waals surface area (Å²) in [7, 11) is 0. The fraction of sp³-hybridized carbons (Fsp3) is 0.167. The molecule has 17 heavy (non-hydrogen) atoms. The Kier molecular flexibility index (Phi) is 4.43. The molecule has 90 valence electrons. The largest absolute Gasteiger partial charge is 0.143 e. The lowest BCUT2D eigenvalue weighted by atomic mass is 10.1. The second kappa shape index (κ2) is 5.50. The van der Waals surface area contributed by atoms with Crippen LogP contribution in [0.4, 0.5) is 0 Å². The van der Waals surface area contributed by atoms with Gasteiger partial charge in [0.1, 0.15) is 0 Å². The lowest BCUT2D eigenvalue weighted by Crippen LogP contribution is -1.89. The first kappa shape index (κ1) is 13.7. The van der Waals surface area contributed by atoms with Crippen molar-refractivity contribution in [1.82, 2.24) is 0 Å². The first-order valence-electron chi connectivity index (χ1n) is 4.84. The van der Waals surface area contributed by atoms with Gasteiger partial charge in [0.15, 0.2) is 0 Å². The lowest BCUT2D eigenvalue weighted by Gasteiger charge is -2.08. The first-order valence-corrected chi connectivity index (χ1v) is 7.64. The molecule has 0 aliphatic rings. The Balaban J connectivity index is 2.36. The maximum absolute atomic E-state index is 6.43. The minimum atomic E-state index is -0.195. The second-order valence-electron chi connectivity index (χ2n) is 3.59.